The number of hydrogen-bond donors (Lipinski definition) is 2. The number of amides is 1. The summed E-state index contributed by atoms with van der Waals surface area (Å²) >= 11 is 0. The highest BCUT2D eigenvalue weighted by atomic mass is 19.1. The molecule has 0 unspecified atom stereocenters. The molecule has 21 heavy (non-hydrogen) atoms. The first kappa shape index (κ1) is 14.8. The van der Waals surface area contributed by atoms with Gasteiger partial charge in [-0.1, -0.05) is 11.8 Å². The fraction of sp³-hybridized carbons (Fsp3) is 0.200. The largest absolute Gasteiger partial charge is 0.395 e. The number of nitrogens with zero attached hydrogens (tertiary/aromatic N) is 2. The van der Waals surface area contributed by atoms with E-state index in [9.17, 15) is 9.18 Å². The van der Waals surface area contributed by atoms with Crippen molar-refractivity contribution in [3.8, 4) is 11.8 Å². The van der Waals surface area contributed by atoms with Crippen molar-refractivity contribution in [1.82, 2.24) is 9.78 Å². The molecule has 0 spiro atoms. The summed E-state index contributed by atoms with van der Waals surface area (Å²) in [4.78, 5) is 12.0. The summed E-state index contributed by atoms with van der Waals surface area (Å²) in [6.45, 7) is -0.0410. The van der Waals surface area contributed by atoms with E-state index in [-0.39, 0.29) is 12.2 Å². The Morgan fingerprint density at radius 3 is 2.90 bits per heavy atom. The molecule has 0 aliphatic heterocycles. The highest BCUT2D eigenvalue weighted by Gasteiger charge is 2.13. The molecule has 0 aliphatic carbocycles. The van der Waals surface area contributed by atoms with Crippen LogP contribution in [0.3, 0.4) is 0 Å². The second-order valence-corrected chi connectivity index (χ2v) is 4.26. The normalized spacial score (nSPS) is 9.86. The quantitative estimate of drug-likeness (QED) is 0.842. The first-order chi connectivity index (χ1) is 10.1. The van der Waals surface area contributed by atoms with E-state index >= 15 is 0 Å². The third-order valence-electron chi connectivity index (χ3n) is 2.75. The second kappa shape index (κ2) is 6.68. The van der Waals surface area contributed by atoms with Crippen LogP contribution in [0.15, 0.2) is 30.5 Å². The lowest BCUT2D eigenvalue weighted by Gasteiger charge is -2.06. The highest BCUT2D eigenvalue weighted by Crippen LogP contribution is 2.13. The fourth-order valence-corrected chi connectivity index (χ4v) is 1.68. The molecule has 1 aromatic carbocycles. The molecule has 2 N–H and O–H groups in total. The van der Waals surface area contributed by atoms with E-state index in [2.05, 4.69) is 22.3 Å². The molecule has 0 aliphatic rings. The minimum absolute atomic E-state index is 0.0410. The van der Waals surface area contributed by atoms with Crippen LogP contribution in [0.2, 0.25) is 0 Å². The van der Waals surface area contributed by atoms with Crippen LogP contribution in [-0.4, -0.2) is 27.4 Å². The molecule has 2 rings (SSSR count). The minimum atomic E-state index is -0.648. The van der Waals surface area contributed by atoms with Gasteiger partial charge in [0.15, 0.2) is 0 Å². The average Bonchev–Trinajstić information content (AvgIpc) is 2.84. The molecule has 6 heteroatoms. The number of rotatable bonds is 3. The highest BCUT2D eigenvalue weighted by molar-refractivity contribution is 6.04. The van der Waals surface area contributed by atoms with Crippen LogP contribution >= 0.6 is 0 Å². The van der Waals surface area contributed by atoms with Crippen LogP contribution in [0.1, 0.15) is 22.3 Å². The third kappa shape index (κ3) is 3.68. The summed E-state index contributed by atoms with van der Waals surface area (Å²) in [6.07, 6.45) is 1.86. The number of carbonyl (C=O) groups is 1. The van der Waals surface area contributed by atoms with Gasteiger partial charge in [-0.05, 0) is 18.2 Å². The van der Waals surface area contributed by atoms with E-state index in [0.29, 0.717) is 17.8 Å². The molecule has 1 aromatic heterocycles. The SMILES string of the molecule is Cn1nccc1NC(=O)c1ccc(C#CCCO)cc1F. The van der Waals surface area contributed by atoms with E-state index in [0.717, 1.165) is 0 Å². The Morgan fingerprint density at radius 2 is 2.29 bits per heavy atom. The molecule has 1 heterocycles. The maximum absolute atomic E-state index is 13.9. The monoisotopic (exact) mass is 287 g/mol. The van der Waals surface area contributed by atoms with Gasteiger partial charge in [0.05, 0.1) is 18.4 Å². The van der Waals surface area contributed by atoms with Gasteiger partial charge in [0.2, 0.25) is 0 Å². The lowest BCUT2D eigenvalue weighted by atomic mass is 10.1. The number of hydrogen-bond acceptors (Lipinski definition) is 3. The molecule has 0 atom stereocenters. The summed E-state index contributed by atoms with van der Waals surface area (Å²) in [5.41, 5.74) is 0.391. The molecular weight excluding hydrogens is 273 g/mol. The Kier molecular flexibility index (Phi) is 4.69. The van der Waals surface area contributed by atoms with Crippen molar-refractivity contribution in [1.29, 1.82) is 0 Å². The van der Waals surface area contributed by atoms with Crippen molar-refractivity contribution in [2.24, 2.45) is 7.05 Å². The van der Waals surface area contributed by atoms with Gasteiger partial charge in [-0.25, -0.2) is 4.39 Å². The van der Waals surface area contributed by atoms with E-state index in [1.54, 1.807) is 19.2 Å². The summed E-state index contributed by atoms with van der Waals surface area (Å²) < 4.78 is 15.4. The molecule has 0 bridgehead atoms. The third-order valence-corrected chi connectivity index (χ3v) is 2.75. The number of anilines is 1. The number of aryl methyl sites for hydroxylation is 1. The van der Waals surface area contributed by atoms with Crippen molar-refractivity contribution in [2.75, 3.05) is 11.9 Å². The number of nitrogens with one attached hydrogen (secondary N) is 1. The molecule has 0 saturated heterocycles. The average molecular weight is 287 g/mol. The zero-order valence-corrected chi connectivity index (χ0v) is 11.4. The molecule has 0 fully saturated rings. The van der Waals surface area contributed by atoms with Crippen molar-refractivity contribution in [3.63, 3.8) is 0 Å². The van der Waals surface area contributed by atoms with Crippen LogP contribution in [0.5, 0.6) is 0 Å². The Bertz CT molecular complexity index is 713. The van der Waals surface area contributed by atoms with E-state index < -0.39 is 11.7 Å². The molecule has 2 aromatic rings. The number of benzene rings is 1. The summed E-state index contributed by atoms with van der Waals surface area (Å²) in [5, 5.41) is 15.1. The van der Waals surface area contributed by atoms with E-state index in [1.165, 1.54) is 23.0 Å². The van der Waals surface area contributed by atoms with Gasteiger partial charge >= 0.3 is 0 Å². The Morgan fingerprint density at radius 1 is 1.48 bits per heavy atom. The minimum Gasteiger partial charge on any atom is -0.395 e. The molecule has 1 amide bonds. The second-order valence-electron chi connectivity index (χ2n) is 4.26. The zero-order chi connectivity index (χ0) is 15.2. The van der Waals surface area contributed by atoms with Gasteiger partial charge < -0.3 is 10.4 Å². The van der Waals surface area contributed by atoms with E-state index in [1.807, 2.05) is 0 Å². The maximum Gasteiger partial charge on any atom is 0.259 e. The van der Waals surface area contributed by atoms with Crippen LogP contribution in [-0.2, 0) is 7.05 Å². The number of aliphatic hydroxyl groups excluding tert-OH is 1. The predicted molar refractivity (Wildman–Crippen MR) is 76.1 cm³/mol. The van der Waals surface area contributed by atoms with Gasteiger partial charge in [0.25, 0.3) is 5.91 Å². The van der Waals surface area contributed by atoms with Crippen LogP contribution in [0.25, 0.3) is 0 Å². The topological polar surface area (TPSA) is 67.2 Å². The van der Waals surface area contributed by atoms with Gasteiger partial charge in [0.1, 0.15) is 11.6 Å². The summed E-state index contributed by atoms with van der Waals surface area (Å²) in [5.74, 6) is 4.68. The van der Waals surface area contributed by atoms with E-state index in [4.69, 9.17) is 5.11 Å². The van der Waals surface area contributed by atoms with Gasteiger partial charge in [0, 0.05) is 25.1 Å². The lowest BCUT2D eigenvalue weighted by Crippen LogP contribution is -2.16. The molecule has 0 radical (unpaired) electrons. The smallest absolute Gasteiger partial charge is 0.259 e. The standard InChI is InChI=1S/C15H14FN3O2/c1-19-14(7-8-17-19)18-15(21)12-6-5-11(10-13(12)16)4-2-3-9-20/h5-8,10,20H,3,9H2,1H3,(H,18,21). The Balaban J connectivity index is 2.16. The zero-order valence-electron chi connectivity index (χ0n) is 11.4. The Labute approximate surface area is 121 Å². The van der Waals surface area contributed by atoms with Crippen LogP contribution in [0.4, 0.5) is 10.2 Å². The van der Waals surface area contributed by atoms with Crippen molar-refractivity contribution >= 4 is 11.7 Å². The first-order valence-corrected chi connectivity index (χ1v) is 6.30. The molecule has 108 valence electrons. The molecule has 0 saturated carbocycles. The summed E-state index contributed by atoms with van der Waals surface area (Å²) in [6, 6.07) is 5.75. The molecular formula is C15H14FN3O2. The number of halogens is 1. The van der Waals surface area contributed by atoms with Crippen molar-refractivity contribution in [2.45, 2.75) is 6.42 Å². The van der Waals surface area contributed by atoms with Crippen molar-refractivity contribution in [3.05, 3.63) is 47.4 Å². The van der Waals surface area contributed by atoms with Crippen LogP contribution < -0.4 is 5.32 Å². The van der Waals surface area contributed by atoms with Crippen molar-refractivity contribution < 1.29 is 14.3 Å². The Hall–Kier alpha value is -2.65. The lowest BCUT2D eigenvalue weighted by molar-refractivity contribution is 0.102. The number of aromatic nitrogens is 2. The van der Waals surface area contributed by atoms with Gasteiger partial charge in [-0.3, -0.25) is 9.48 Å². The predicted octanol–water partition coefficient (Wildman–Crippen LogP) is 1.55. The fourth-order valence-electron chi connectivity index (χ4n) is 1.68. The van der Waals surface area contributed by atoms with Gasteiger partial charge in [-0.15, -0.1) is 0 Å². The number of aliphatic hydroxyl groups is 1. The molecule has 5 nitrogen and oxygen atoms in total. The first-order valence-electron chi connectivity index (χ1n) is 6.30. The maximum atomic E-state index is 13.9. The van der Waals surface area contributed by atoms with Gasteiger partial charge in [-0.2, -0.15) is 5.10 Å². The number of carbonyl (C=O) groups excluding carboxylic acids is 1. The van der Waals surface area contributed by atoms with Crippen LogP contribution in [0, 0.1) is 17.7 Å². The summed E-state index contributed by atoms with van der Waals surface area (Å²) in [7, 11) is 1.67.